The molecule has 0 aliphatic rings. The zero-order valence-electron chi connectivity index (χ0n) is 16.7. The van der Waals surface area contributed by atoms with Gasteiger partial charge in [0.2, 0.25) is 5.78 Å². The minimum atomic E-state index is -0.192. The summed E-state index contributed by atoms with van der Waals surface area (Å²) in [5, 5.41) is 4.02. The van der Waals surface area contributed by atoms with Crippen LogP contribution in [-0.4, -0.2) is 18.6 Å². The van der Waals surface area contributed by atoms with E-state index in [1.165, 1.54) is 11.8 Å². The van der Waals surface area contributed by atoms with Crippen molar-refractivity contribution < 1.29 is 18.8 Å². The molecule has 0 N–H and O–H groups in total. The molecule has 0 unspecified atom stereocenters. The molecule has 150 valence electrons. The van der Waals surface area contributed by atoms with Crippen LogP contribution in [0.25, 0.3) is 0 Å². The van der Waals surface area contributed by atoms with Crippen molar-refractivity contribution in [2.45, 2.75) is 32.8 Å². The number of benzene rings is 2. The predicted molar refractivity (Wildman–Crippen MR) is 112 cm³/mol. The molecule has 0 bridgehead atoms. The van der Waals surface area contributed by atoms with Crippen LogP contribution in [0.1, 0.15) is 47.0 Å². The number of furan rings is 1. The van der Waals surface area contributed by atoms with Crippen molar-refractivity contribution in [2.75, 3.05) is 6.61 Å². The minimum Gasteiger partial charge on any atom is -0.485 e. The van der Waals surface area contributed by atoms with Crippen LogP contribution in [0.2, 0.25) is 0 Å². The van der Waals surface area contributed by atoms with Crippen LogP contribution in [-0.2, 0) is 17.9 Å². The van der Waals surface area contributed by atoms with Gasteiger partial charge in [-0.25, -0.2) is 0 Å². The second-order valence-electron chi connectivity index (χ2n) is 6.99. The average molecular weight is 391 g/mol. The fraction of sp³-hybridized carbons (Fsp3) is 0.250. The first-order valence-corrected chi connectivity index (χ1v) is 9.63. The molecular formula is C24H25NO4. The summed E-state index contributed by atoms with van der Waals surface area (Å²) in [6, 6.07) is 19.2. The zero-order valence-corrected chi connectivity index (χ0v) is 16.7. The first kappa shape index (κ1) is 20.4. The third kappa shape index (κ3) is 6.35. The fourth-order valence-corrected chi connectivity index (χ4v) is 2.68. The summed E-state index contributed by atoms with van der Waals surface area (Å²) in [6.45, 7) is 4.75. The SMILES string of the molecule is CC(C)c1ccc(CON=CCc2ccc(OCC(=O)c3ccco3)cc2)cc1. The second kappa shape index (κ2) is 10.3. The topological polar surface area (TPSA) is 61.0 Å². The summed E-state index contributed by atoms with van der Waals surface area (Å²) in [5.41, 5.74) is 3.48. The predicted octanol–water partition coefficient (Wildman–Crippen LogP) is 5.41. The molecule has 0 radical (unpaired) electrons. The van der Waals surface area contributed by atoms with Gasteiger partial charge in [0.15, 0.2) is 12.4 Å². The van der Waals surface area contributed by atoms with E-state index in [9.17, 15) is 4.79 Å². The minimum absolute atomic E-state index is 0.0553. The summed E-state index contributed by atoms with van der Waals surface area (Å²) in [6.07, 6.45) is 3.85. The van der Waals surface area contributed by atoms with Gasteiger partial charge in [0.25, 0.3) is 0 Å². The van der Waals surface area contributed by atoms with Crippen LogP contribution in [0.3, 0.4) is 0 Å². The molecule has 2 aromatic carbocycles. The smallest absolute Gasteiger partial charge is 0.235 e. The Labute approximate surface area is 170 Å². The molecule has 0 saturated carbocycles. The quantitative estimate of drug-likeness (QED) is 0.263. The van der Waals surface area contributed by atoms with Crippen molar-refractivity contribution in [1.29, 1.82) is 0 Å². The molecule has 0 aliphatic carbocycles. The zero-order chi connectivity index (χ0) is 20.5. The molecule has 29 heavy (non-hydrogen) atoms. The molecule has 5 heteroatoms. The van der Waals surface area contributed by atoms with E-state index >= 15 is 0 Å². The van der Waals surface area contributed by atoms with Gasteiger partial charge in [0, 0.05) is 12.6 Å². The summed E-state index contributed by atoms with van der Waals surface area (Å²) in [4.78, 5) is 17.2. The number of Topliss-reactive ketones (excluding diaryl/α,β-unsaturated/α-hetero) is 1. The van der Waals surface area contributed by atoms with E-state index in [1.807, 2.05) is 24.3 Å². The molecule has 0 fully saturated rings. The van der Waals surface area contributed by atoms with Crippen LogP contribution >= 0.6 is 0 Å². The molecule has 5 nitrogen and oxygen atoms in total. The van der Waals surface area contributed by atoms with E-state index < -0.39 is 0 Å². The highest BCUT2D eigenvalue weighted by Gasteiger charge is 2.09. The highest BCUT2D eigenvalue weighted by atomic mass is 16.6. The van der Waals surface area contributed by atoms with Gasteiger partial charge < -0.3 is 14.0 Å². The lowest BCUT2D eigenvalue weighted by Crippen LogP contribution is -2.10. The highest BCUT2D eigenvalue weighted by Crippen LogP contribution is 2.15. The Bertz CT molecular complexity index is 911. The lowest BCUT2D eigenvalue weighted by atomic mass is 10.0. The third-order valence-electron chi connectivity index (χ3n) is 4.44. The van der Waals surface area contributed by atoms with Gasteiger partial charge in [-0.1, -0.05) is 55.4 Å². The fourth-order valence-electron chi connectivity index (χ4n) is 2.68. The van der Waals surface area contributed by atoms with E-state index in [0.29, 0.717) is 30.5 Å². The van der Waals surface area contributed by atoms with Gasteiger partial charge in [-0.05, 0) is 46.9 Å². The van der Waals surface area contributed by atoms with Crippen molar-refractivity contribution in [2.24, 2.45) is 5.16 Å². The Morgan fingerprint density at radius 3 is 2.41 bits per heavy atom. The third-order valence-corrected chi connectivity index (χ3v) is 4.44. The number of rotatable bonds is 10. The van der Waals surface area contributed by atoms with Crippen LogP contribution in [0.15, 0.2) is 76.5 Å². The summed E-state index contributed by atoms with van der Waals surface area (Å²) < 4.78 is 10.5. The Kier molecular flexibility index (Phi) is 7.22. The van der Waals surface area contributed by atoms with E-state index in [2.05, 4.69) is 43.3 Å². The Morgan fingerprint density at radius 2 is 1.76 bits per heavy atom. The molecule has 0 saturated heterocycles. The lowest BCUT2D eigenvalue weighted by Gasteiger charge is -2.06. The van der Waals surface area contributed by atoms with Gasteiger partial charge >= 0.3 is 0 Å². The van der Waals surface area contributed by atoms with Gasteiger partial charge in [-0.3, -0.25) is 4.79 Å². The second-order valence-corrected chi connectivity index (χ2v) is 6.99. The molecule has 0 aliphatic heterocycles. The molecule has 1 heterocycles. The van der Waals surface area contributed by atoms with Crippen molar-refractivity contribution in [1.82, 2.24) is 0 Å². The van der Waals surface area contributed by atoms with Crippen molar-refractivity contribution in [3.63, 3.8) is 0 Å². The number of oxime groups is 1. The van der Waals surface area contributed by atoms with Crippen LogP contribution in [0.5, 0.6) is 5.75 Å². The van der Waals surface area contributed by atoms with Gasteiger partial charge in [0.05, 0.1) is 6.26 Å². The maximum atomic E-state index is 11.8. The number of ether oxygens (including phenoxy) is 1. The summed E-state index contributed by atoms with van der Waals surface area (Å²) in [7, 11) is 0. The summed E-state index contributed by atoms with van der Waals surface area (Å²) in [5.74, 6) is 1.26. The highest BCUT2D eigenvalue weighted by molar-refractivity contribution is 5.94. The largest absolute Gasteiger partial charge is 0.485 e. The molecule has 0 atom stereocenters. The van der Waals surface area contributed by atoms with Crippen LogP contribution < -0.4 is 4.74 Å². The Hall–Kier alpha value is -3.34. The monoisotopic (exact) mass is 391 g/mol. The van der Waals surface area contributed by atoms with E-state index in [1.54, 1.807) is 18.3 Å². The Balaban J connectivity index is 1.38. The first-order chi connectivity index (χ1) is 14.1. The van der Waals surface area contributed by atoms with Gasteiger partial charge in [-0.15, -0.1) is 0 Å². The van der Waals surface area contributed by atoms with E-state index in [-0.39, 0.29) is 12.4 Å². The van der Waals surface area contributed by atoms with Crippen LogP contribution in [0, 0.1) is 0 Å². The van der Waals surface area contributed by atoms with E-state index in [4.69, 9.17) is 14.0 Å². The maximum absolute atomic E-state index is 11.8. The number of hydrogen-bond acceptors (Lipinski definition) is 5. The van der Waals surface area contributed by atoms with Crippen molar-refractivity contribution in [3.8, 4) is 5.75 Å². The molecule has 0 spiro atoms. The van der Waals surface area contributed by atoms with Crippen molar-refractivity contribution in [3.05, 3.63) is 89.4 Å². The first-order valence-electron chi connectivity index (χ1n) is 9.63. The Morgan fingerprint density at radius 1 is 1.03 bits per heavy atom. The number of carbonyl (C=O) groups excluding carboxylic acids is 1. The van der Waals surface area contributed by atoms with Crippen molar-refractivity contribution >= 4 is 12.0 Å². The molecule has 1 aromatic heterocycles. The summed E-state index contributed by atoms with van der Waals surface area (Å²) >= 11 is 0. The molecule has 3 aromatic rings. The number of carbonyl (C=O) groups is 1. The lowest BCUT2D eigenvalue weighted by molar-refractivity contribution is 0.0894. The normalized spacial score (nSPS) is 11.1. The van der Waals surface area contributed by atoms with Gasteiger partial charge in [0.1, 0.15) is 12.4 Å². The standard InChI is InChI=1S/C24H25NO4/c1-18(2)21-9-5-20(6-10-21)16-29-25-14-13-19-7-11-22(12-8-19)28-17-23(26)24-4-3-15-27-24/h3-12,14-15,18H,13,16-17H2,1-2H3. The van der Waals surface area contributed by atoms with E-state index in [0.717, 1.165) is 11.1 Å². The molecule has 3 rings (SSSR count). The number of nitrogens with zero attached hydrogens (tertiary/aromatic N) is 1. The number of hydrogen-bond donors (Lipinski definition) is 0. The van der Waals surface area contributed by atoms with Gasteiger partial charge in [-0.2, -0.15) is 0 Å². The number of ketones is 1. The molecular weight excluding hydrogens is 366 g/mol. The van der Waals surface area contributed by atoms with Crippen LogP contribution in [0.4, 0.5) is 0 Å². The molecule has 0 amide bonds. The maximum Gasteiger partial charge on any atom is 0.235 e. The average Bonchev–Trinajstić information content (AvgIpc) is 3.28.